The van der Waals surface area contributed by atoms with Crippen LogP contribution in [-0.4, -0.2) is 27.0 Å². The highest BCUT2D eigenvalue weighted by Crippen LogP contribution is 2.30. The molecule has 1 aromatic heterocycles. The summed E-state index contributed by atoms with van der Waals surface area (Å²) in [6, 6.07) is 4.16. The van der Waals surface area contributed by atoms with E-state index in [1.54, 1.807) is 0 Å². The summed E-state index contributed by atoms with van der Waals surface area (Å²) in [5.74, 6) is 0.482. The van der Waals surface area contributed by atoms with E-state index in [-0.39, 0.29) is 24.0 Å². The van der Waals surface area contributed by atoms with Crippen molar-refractivity contribution < 1.29 is 19.5 Å². The summed E-state index contributed by atoms with van der Waals surface area (Å²) >= 11 is 0. The summed E-state index contributed by atoms with van der Waals surface area (Å²) < 4.78 is 10.3. The van der Waals surface area contributed by atoms with Gasteiger partial charge in [-0.25, -0.2) is 0 Å². The zero-order valence-corrected chi connectivity index (χ0v) is 9.96. The third-order valence-electron chi connectivity index (χ3n) is 2.26. The summed E-state index contributed by atoms with van der Waals surface area (Å²) in [5, 5.41) is 22.6. The monoisotopic (exact) mass is 250 g/mol. The molecule has 0 saturated carbocycles. The fourth-order valence-electron chi connectivity index (χ4n) is 1.43. The Kier molecular flexibility index (Phi) is 3.78. The number of benzene rings is 1. The lowest BCUT2D eigenvalue weighted by molar-refractivity contribution is 0.114. The number of aromatic nitrogens is 2. The first kappa shape index (κ1) is 12.4. The second-order valence-electron chi connectivity index (χ2n) is 3.77. The van der Waals surface area contributed by atoms with Crippen molar-refractivity contribution in [2.45, 2.75) is 20.0 Å². The van der Waals surface area contributed by atoms with Gasteiger partial charge in [0, 0.05) is 12.7 Å². The summed E-state index contributed by atoms with van der Waals surface area (Å²) in [7, 11) is 0. The molecule has 0 aliphatic carbocycles. The molecule has 96 valence electrons. The zero-order chi connectivity index (χ0) is 13.0. The Morgan fingerprint density at radius 2 is 2.17 bits per heavy atom. The summed E-state index contributed by atoms with van der Waals surface area (Å²) in [6.07, 6.45) is 0.920. The van der Waals surface area contributed by atoms with Crippen LogP contribution >= 0.6 is 0 Å². The zero-order valence-electron chi connectivity index (χ0n) is 9.96. The summed E-state index contributed by atoms with van der Waals surface area (Å²) in [4.78, 5) is 4.10. The van der Waals surface area contributed by atoms with Crippen molar-refractivity contribution in [3.63, 3.8) is 0 Å². The van der Waals surface area contributed by atoms with E-state index in [1.165, 1.54) is 18.2 Å². The molecule has 1 heterocycles. The molecule has 0 amide bonds. The van der Waals surface area contributed by atoms with Gasteiger partial charge in [0.15, 0.2) is 5.82 Å². The van der Waals surface area contributed by atoms with E-state index in [0.717, 1.165) is 6.42 Å². The molecule has 0 saturated heterocycles. The van der Waals surface area contributed by atoms with Gasteiger partial charge in [-0.2, -0.15) is 4.98 Å². The molecule has 0 radical (unpaired) electrons. The molecule has 18 heavy (non-hydrogen) atoms. The molecule has 0 aliphatic heterocycles. The molecule has 0 unspecified atom stereocenters. The maximum Gasteiger partial charge on any atom is 0.261 e. The number of nitrogens with zero attached hydrogens (tertiary/aromatic N) is 2. The second kappa shape index (κ2) is 5.50. The van der Waals surface area contributed by atoms with Gasteiger partial charge in [-0.1, -0.05) is 12.1 Å². The number of hydrogen-bond acceptors (Lipinski definition) is 6. The number of aromatic hydroxyl groups is 2. The van der Waals surface area contributed by atoms with Crippen LogP contribution < -0.4 is 0 Å². The number of hydrogen-bond donors (Lipinski definition) is 2. The summed E-state index contributed by atoms with van der Waals surface area (Å²) in [5.41, 5.74) is 0.377. The first-order chi connectivity index (χ1) is 8.70. The molecule has 2 aromatic rings. The van der Waals surface area contributed by atoms with Gasteiger partial charge in [-0.05, 0) is 18.6 Å². The smallest absolute Gasteiger partial charge is 0.261 e. The fourth-order valence-corrected chi connectivity index (χ4v) is 1.43. The lowest BCUT2D eigenvalue weighted by atomic mass is 10.2. The van der Waals surface area contributed by atoms with Gasteiger partial charge >= 0.3 is 0 Å². The highest BCUT2D eigenvalue weighted by atomic mass is 16.5. The van der Waals surface area contributed by atoms with Gasteiger partial charge in [0.2, 0.25) is 0 Å². The predicted octanol–water partition coefficient (Wildman–Crippen LogP) is 2.07. The van der Waals surface area contributed by atoms with Crippen LogP contribution in [0.2, 0.25) is 0 Å². The molecular weight excluding hydrogens is 236 g/mol. The lowest BCUT2D eigenvalue weighted by Gasteiger charge is -1.99. The van der Waals surface area contributed by atoms with Crippen molar-refractivity contribution >= 4 is 0 Å². The van der Waals surface area contributed by atoms with Crippen molar-refractivity contribution in [2.24, 2.45) is 0 Å². The molecule has 0 bridgehead atoms. The standard InChI is InChI=1S/C12H14N2O4/c1-2-5-17-7-11-13-12(18-14-11)9-4-3-8(15)6-10(9)16/h3-4,6,15-16H,2,5,7H2,1H3. The van der Waals surface area contributed by atoms with Crippen LogP contribution in [-0.2, 0) is 11.3 Å². The Labute approximate surface area is 104 Å². The number of phenols is 2. The van der Waals surface area contributed by atoms with Crippen LogP contribution in [0, 0.1) is 0 Å². The van der Waals surface area contributed by atoms with Crippen LogP contribution in [0.15, 0.2) is 22.7 Å². The quantitative estimate of drug-likeness (QED) is 0.790. The Hall–Kier alpha value is -2.08. The maximum atomic E-state index is 9.65. The fraction of sp³-hybridized carbons (Fsp3) is 0.333. The molecule has 6 heteroatoms. The molecule has 2 N–H and O–H groups in total. The highest BCUT2D eigenvalue weighted by molar-refractivity contribution is 5.63. The van der Waals surface area contributed by atoms with Gasteiger partial charge < -0.3 is 19.5 Å². The lowest BCUT2D eigenvalue weighted by Crippen LogP contribution is -1.95. The molecular formula is C12H14N2O4. The predicted molar refractivity (Wildman–Crippen MR) is 63.0 cm³/mol. The molecule has 1 aromatic carbocycles. The largest absolute Gasteiger partial charge is 0.508 e. The van der Waals surface area contributed by atoms with Gasteiger partial charge in [-0.3, -0.25) is 0 Å². The normalized spacial score (nSPS) is 10.7. The molecule has 0 fully saturated rings. The average molecular weight is 250 g/mol. The molecule has 0 spiro atoms. The third-order valence-corrected chi connectivity index (χ3v) is 2.26. The maximum absolute atomic E-state index is 9.65. The molecule has 0 aliphatic rings. The molecule has 6 nitrogen and oxygen atoms in total. The summed E-state index contributed by atoms with van der Waals surface area (Å²) in [6.45, 7) is 2.92. The van der Waals surface area contributed by atoms with E-state index in [1.807, 2.05) is 6.92 Å². The highest BCUT2D eigenvalue weighted by Gasteiger charge is 2.13. The third kappa shape index (κ3) is 2.78. The minimum atomic E-state index is -0.111. The number of phenolic OH excluding ortho intramolecular Hbond substituents is 2. The molecule has 0 atom stereocenters. The Balaban J connectivity index is 2.13. The van der Waals surface area contributed by atoms with Crippen LogP contribution in [0.3, 0.4) is 0 Å². The van der Waals surface area contributed by atoms with Crippen molar-refractivity contribution in [3.8, 4) is 23.0 Å². The van der Waals surface area contributed by atoms with E-state index >= 15 is 0 Å². The van der Waals surface area contributed by atoms with E-state index < -0.39 is 0 Å². The van der Waals surface area contributed by atoms with Crippen LogP contribution in [0.25, 0.3) is 11.5 Å². The Bertz CT molecular complexity index is 525. The van der Waals surface area contributed by atoms with Gasteiger partial charge in [0.25, 0.3) is 5.89 Å². The Morgan fingerprint density at radius 3 is 2.89 bits per heavy atom. The van der Waals surface area contributed by atoms with E-state index in [9.17, 15) is 10.2 Å². The first-order valence-electron chi connectivity index (χ1n) is 5.63. The van der Waals surface area contributed by atoms with Gasteiger partial charge in [0.1, 0.15) is 18.1 Å². The number of rotatable bonds is 5. The number of ether oxygens (including phenoxy) is 1. The van der Waals surface area contributed by atoms with Crippen molar-refractivity contribution in [2.75, 3.05) is 6.61 Å². The topological polar surface area (TPSA) is 88.6 Å². The minimum absolute atomic E-state index is 0.0257. The van der Waals surface area contributed by atoms with Gasteiger partial charge in [-0.15, -0.1) is 0 Å². The van der Waals surface area contributed by atoms with Crippen LogP contribution in [0.4, 0.5) is 0 Å². The SMILES string of the molecule is CCCOCc1noc(-c2ccc(O)cc2O)n1. The van der Waals surface area contributed by atoms with Crippen molar-refractivity contribution in [1.29, 1.82) is 0 Å². The minimum Gasteiger partial charge on any atom is -0.508 e. The van der Waals surface area contributed by atoms with E-state index in [4.69, 9.17) is 9.26 Å². The van der Waals surface area contributed by atoms with Crippen molar-refractivity contribution in [1.82, 2.24) is 10.1 Å². The second-order valence-corrected chi connectivity index (χ2v) is 3.77. The van der Waals surface area contributed by atoms with Crippen molar-refractivity contribution in [3.05, 3.63) is 24.0 Å². The first-order valence-corrected chi connectivity index (χ1v) is 5.63. The van der Waals surface area contributed by atoms with Crippen LogP contribution in [0.1, 0.15) is 19.2 Å². The average Bonchev–Trinajstić information content (AvgIpc) is 2.78. The van der Waals surface area contributed by atoms with E-state index in [2.05, 4.69) is 10.1 Å². The Morgan fingerprint density at radius 1 is 1.33 bits per heavy atom. The van der Waals surface area contributed by atoms with Gasteiger partial charge in [0.05, 0.1) is 5.56 Å². The van der Waals surface area contributed by atoms with Crippen LogP contribution in [0.5, 0.6) is 11.5 Å². The van der Waals surface area contributed by atoms with E-state index in [0.29, 0.717) is 18.0 Å². The molecule has 2 rings (SSSR count).